The maximum atomic E-state index is 13.7. The summed E-state index contributed by atoms with van der Waals surface area (Å²) >= 11 is 2.25. The van der Waals surface area contributed by atoms with E-state index in [-0.39, 0.29) is 27.8 Å². The number of carbonyl (C=O) groups is 2. The van der Waals surface area contributed by atoms with Crippen LogP contribution in [0.3, 0.4) is 0 Å². The Bertz CT molecular complexity index is 1690. The molecule has 0 atom stereocenters. The third-order valence-corrected chi connectivity index (χ3v) is 8.23. The van der Waals surface area contributed by atoms with Crippen molar-refractivity contribution < 1.29 is 27.5 Å². The predicted octanol–water partition coefficient (Wildman–Crippen LogP) is 7.75. The SMILES string of the molecule is CCCc1ccc(OCc2ccc(C(=O)Nc3c(C(N)=O)sc4nc(C(F)F)cc(-c5ccc(C)s5)c34)o2)cc1. The van der Waals surface area contributed by atoms with Crippen LogP contribution in [0.25, 0.3) is 20.7 Å². The maximum Gasteiger partial charge on any atom is 0.291 e. The molecule has 4 heterocycles. The second-order valence-corrected chi connectivity index (χ2v) is 11.3. The number of benzene rings is 1. The minimum absolute atomic E-state index is 0.00146. The number of anilines is 1. The molecule has 0 spiro atoms. The van der Waals surface area contributed by atoms with Gasteiger partial charge < -0.3 is 20.2 Å². The van der Waals surface area contributed by atoms with Gasteiger partial charge in [0.15, 0.2) is 5.76 Å². The number of fused-ring (bicyclic) bond motifs is 1. The van der Waals surface area contributed by atoms with E-state index in [2.05, 4.69) is 17.2 Å². The molecule has 0 saturated heterocycles. The van der Waals surface area contributed by atoms with Gasteiger partial charge in [-0.05, 0) is 61.4 Å². The number of nitrogens with two attached hydrogens (primary N) is 1. The van der Waals surface area contributed by atoms with Gasteiger partial charge in [-0.2, -0.15) is 0 Å². The third-order valence-electron chi connectivity index (χ3n) is 6.10. The van der Waals surface area contributed by atoms with E-state index in [1.165, 1.54) is 29.0 Å². The Kier molecular flexibility index (Phi) is 7.95. The van der Waals surface area contributed by atoms with Gasteiger partial charge in [-0.25, -0.2) is 13.8 Å². The van der Waals surface area contributed by atoms with Crippen LogP contribution in [0.2, 0.25) is 0 Å². The third kappa shape index (κ3) is 5.75. The quantitative estimate of drug-likeness (QED) is 0.175. The molecule has 0 radical (unpaired) electrons. The Morgan fingerprint density at radius 3 is 2.52 bits per heavy atom. The fourth-order valence-corrected chi connectivity index (χ4v) is 6.15. The zero-order chi connectivity index (χ0) is 28.4. The lowest BCUT2D eigenvalue weighted by Gasteiger charge is -2.09. The highest BCUT2D eigenvalue weighted by molar-refractivity contribution is 7.21. The second kappa shape index (κ2) is 11.6. The van der Waals surface area contributed by atoms with E-state index in [1.54, 1.807) is 12.1 Å². The van der Waals surface area contributed by atoms with Gasteiger partial charge >= 0.3 is 0 Å². The number of aromatic nitrogens is 1. The van der Waals surface area contributed by atoms with Gasteiger partial charge in [0.05, 0.1) is 5.69 Å². The van der Waals surface area contributed by atoms with Crippen LogP contribution in [-0.4, -0.2) is 16.8 Å². The molecule has 0 aliphatic heterocycles. The van der Waals surface area contributed by atoms with Gasteiger partial charge in [-0.15, -0.1) is 22.7 Å². The number of hydrogen-bond donors (Lipinski definition) is 2. The molecule has 5 rings (SSSR count). The summed E-state index contributed by atoms with van der Waals surface area (Å²) in [6.07, 6.45) is -0.771. The van der Waals surface area contributed by atoms with Crippen molar-refractivity contribution in [1.29, 1.82) is 0 Å². The van der Waals surface area contributed by atoms with Crippen molar-refractivity contribution in [3.8, 4) is 16.2 Å². The topological polar surface area (TPSA) is 107 Å². The number of halogens is 2. The van der Waals surface area contributed by atoms with Crippen molar-refractivity contribution in [2.24, 2.45) is 5.73 Å². The standard InChI is InChI=1S/C29H25F2N3O4S2/c1-3-4-16-6-8-17(9-7-16)37-14-18-10-11-21(38-18)28(36)34-24-23-19(22-12-5-15(2)39-22)13-20(26(30)31)33-29(23)40-25(24)27(32)35/h5-13,26H,3-4,14H2,1-2H3,(H2,32,35)(H,34,36). The molecule has 11 heteroatoms. The molecule has 206 valence electrons. The number of alkyl halides is 2. The summed E-state index contributed by atoms with van der Waals surface area (Å²) in [5.74, 6) is -0.374. The first-order valence-electron chi connectivity index (χ1n) is 12.5. The van der Waals surface area contributed by atoms with Crippen molar-refractivity contribution >= 4 is 50.4 Å². The molecule has 2 amide bonds. The Labute approximate surface area is 236 Å². The van der Waals surface area contributed by atoms with E-state index in [0.29, 0.717) is 27.3 Å². The number of nitrogens with zero attached hydrogens (tertiary/aromatic N) is 1. The first-order valence-corrected chi connectivity index (χ1v) is 14.1. The predicted molar refractivity (Wildman–Crippen MR) is 153 cm³/mol. The zero-order valence-electron chi connectivity index (χ0n) is 21.6. The number of rotatable bonds is 10. The number of hydrogen-bond acceptors (Lipinski definition) is 7. The molecule has 0 saturated carbocycles. The molecule has 3 N–H and O–H groups in total. The number of pyridine rings is 1. The Hall–Kier alpha value is -4.09. The Morgan fingerprint density at radius 1 is 1.10 bits per heavy atom. The summed E-state index contributed by atoms with van der Waals surface area (Å²) in [6, 6.07) is 15.8. The molecular weight excluding hydrogens is 556 g/mol. The van der Waals surface area contributed by atoms with Gasteiger partial charge in [-0.1, -0.05) is 25.5 Å². The molecule has 7 nitrogen and oxygen atoms in total. The number of aryl methyl sites for hydroxylation is 2. The average Bonchev–Trinajstić information content (AvgIpc) is 3.67. The molecule has 0 aliphatic carbocycles. The smallest absolute Gasteiger partial charge is 0.291 e. The number of carbonyl (C=O) groups excluding carboxylic acids is 2. The summed E-state index contributed by atoms with van der Waals surface area (Å²) in [5.41, 5.74) is 6.94. The zero-order valence-corrected chi connectivity index (χ0v) is 23.3. The van der Waals surface area contributed by atoms with Gasteiger partial charge in [0.2, 0.25) is 0 Å². The molecule has 0 unspecified atom stereocenters. The number of primary amides is 1. The van der Waals surface area contributed by atoms with E-state index in [9.17, 15) is 18.4 Å². The molecule has 5 aromatic rings. The minimum Gasteiger partial charge on any atom is -0.486 e. The molecule has 40 heavy (non-hydrogen) atoms. The summed E-state index contributed by atoms with van der Waals surface area (Å²) in [4.78, 5) is 31.4. The van der Waals surface area contributed by atoms with Gasteiger partial charge in [0.1, 0.15) is 33.5 Å². The maximum absolute atomic E-state index is 13.7. The Balaban J connectivity index is 1.43. The van der Waals surface area contributed by atoms with Crippen molar-refractivity contribution in [3.63, 3.8) is 0 Å². The molecule has 0 aliphatic rings. The molecule has 4 aromatic heterocycles. The van der Waals surface area contributed by atoms with Crippen LogP contribution in [0, 0.1) is 6.92 Å². The van der Waals surface area contributed by atoms with Crippen molar-refractivity contribution in [2.45, 2.75) is 39.7 Å². The van der Waals surface area contributed by atoms with E-state index < -0.39 is 23.9 Å². The first-order chi connectivity index (χ1) is 19.2. The Morgan fingerprint density at radius 2 is 1.88 bits per heavy atom. The van der Waals surface area contributed by atoms with Gasteiger partial charge in [-0.3, -0.25) is 9.59 Å². The highest BCUT2D eigenvalue weighted by Gasteiger charge is 2.26. The number of furan rings is 1. The number of thiophene rings is 2. The van der Waals surface area contributed by atoms with Crippen LogP contribution in [0.4, 0.5) is 14.5 Å². The van der Waals surface area contributed by atoms with Crippen molar-refractivity contribution in [2.75, 3.05) is 5.32 Å². The van der Waals surface area contributed by atoms with E-state index in [1.807, 2.05) is 37.3 Å². The van der Waals surface area contributed by atoms with Gasteiger partial charge in [0, 0.05) is 20.7 Å². The second-order valence-electron chi connectivity index (χ2n) is 9.06. The summed E-state index contributed by atoms with van der Waals surface area (Å²) in [7, 11) is 0. The lowest BCUT2D eigenvalue weighted by atomic mass is 10.1. The fraction of sp³-hybridized carbons (Fsp3) is 0.207. The average molecular weight is 582 g/mol. The monoisotopic (exact) mass is 581 g/mol. The normalized spacial score (nSPS) is 11.3. The lowest BCUT2D eigenvalue weighted by molar-refractivity contribution is 0.0992. The summed E-state index contributed by atoms with van der Waals surface area (Å²) < 4.78 is 38.8. The summed E-state index contributed by atoms with van der Waals surface area (Å²) in [6.45, 7) is 4.12. The molecule has 0 fully saturated rings. The van der Waals surface area contributed by atoms with E-state index in [4.69, 9.17) is 14.9 Å². The summed E-state index contributed by atoms with van der Waals surface area (Å²) in [5, 5.41) is 3.08. The van der Waals surface area contributed by atoms with Crippen LogP contribution in [-0.2, 0) is 13.0 Å². The van der Waals surface area contributed by atoms with Crippen LogP contribution in [0.1, 0.15) is 61.9 Å². The van der Waals surface area contributed by atoms with Crippen LogP contribution in [0.15, 0.2) is 59.0 Å². The van der Waals surface area contributed by atoms with Crippen molar-refractivity contribution in [3.05, 3.63) is 87.1 Å². The number of ether oxygens (including phenoxy) is 1. The highest BCUT2D eigenvalue weighted by atomic mass is 32.1. The van der Waals surface area contributed by atoms with Crippen LogP contribution in [0.5, 0.6) is 5.75 Å². The fourth-order valence-electron chi connectivity index (χ4n) is 4.24. The highest BCUT2D eigenvalue weighted by Crippen LogP contribution is 2.44. The first kappa shape index (κ1) is 27.5. The van der Waals surface area contributed by atoms with Crippen LogP contribution >= 0.6 is 22.7 Å². The molecular formula is C29H25F2N3O4S2. The van der Waals surface area contributed by atoms with Crippen molar-refractivity contribution in [1.82, 2.24) is 4.98 Å². The van der Waals surface area contributed by atoms with Gasteiger partial charge in [0.25, 0.3) is 18.2 Å². The van der Waals surface area contributed by atoms with E-state index >= 15 is 0 Å². The molecule has 1 aromatic carbocycles. The van der Waals surface area contributed by atoms with E-state index in [0.717, 1.165) is 29.1 Å². The lowest BCUT2D eigenvalue weighted by Crippen LogP contribution is -2.16. The molecule has 0 bridgehead atoms. The largest absolute Gasteiger partial charge is 0.486 e. The minimum atomic E-state index is -2.82. The number of amides is 2. The number of nitrogens with one attached hydrogen (secondary N) is 1. The van der Waals surface area contributed by atoms with Crippen LogP contribution < -0.4 is 15.8 Å².